The molecular weight excluding hydrogens is 319 g/mol. The van der Waals surface area contributed by atoms with Crippen LogP contribution >= 0.6 is 0 Å². The highest BCUT2D eigenvalue weighted by atomic mass is 19.4. The third-order valence-electron chi connectivity index (χ3n) is 3.23. The zero-order chi connectivity index (χ0) is 17.6. The summed E-state index contributed by atoms with van der Waals surface area (Å²) in [6.07, 6.45) is -4.47. The average Bonchev–Trinajstić information content (AvgIpc) is 2.57. The number of benzene rings is 2. The summed E-state index contributed by atoms with van der Waals surface area (Å²) in [6, 6.07) is 15.3. The average molecular weight is 333 g/mol. The number of nitriles is 1. The topological polar surface area (TPSA) is 64.9 Å². The zero-order valence-electron chi connectivity index (χ0n) is 12.5. The van der Waals surface area contributed by atoms with E-state index in [0.717, 1.165) is 5.56 Å². The lowest BCUT2D eigenvalue weighted by atomic mass is 10.1. The lowest BCUT2D eigenvalue weighted by molar-refractivity contribution is -0.123. The zero-order valence-corrected chi connectivity index (χ0v) is 12.5. The van der Waals surface area contributed by atoms with Crippen LogP contribution in [0.2, 0.25) is 0 Å². The Morgan fingerprint density at radius 1 is 1.08 bits per heavy atom. The summed E-state index contributed by atoms with van der Waals surface area (Å²) in [6.45, 7) is -1.12. The van der Waals surface area contributed by atoms with Gasteiger partial charge in [0.2, 0.25) is 0 Å². The number of carbonyl (C=O) groups excluding carboxylic acids is 1. The quantitative estimate of drug-likeness (QED) is 0.881. The molecule has 4 nitrogen and oxygen atoms in total. The van der Waals surface area contributed by atoms with Crippen molar-refractivity contribution in [3.8, 4) is 6.07 Å². The van der Waals surface area contributed by atoms with E-state index >= 15 is 0 Å². The van der Waals surface area contributed by atoms with Gasteiger partial charge in [-0.15, -0.1) is 0 Å². The number of para-hydroxylation sites is 1. The van der Waals surface area contributed by atoms with E-state index in [9.17, 15) is 18.0 Å². The fraction of sp³-hybridized carbons (Fsp3) is 0.176. The van der Waals surface area contributed by atoms with Crippen LogP contribution in [0.15, 0.2) is 48.5 Å². The standard InChI is InChI=1S/C17H14F3N3O/c18-17(19,20)11-23-16(24)14-7-3-4-8-15(14)22-10-13-6-2-1-5-12(13)9-21/h1-8,22H,10-11H2,(H,23,24). The molecular formula is C17H14F3N3O. The van der Waals surface area contributed by atoms with Gasteiger partial charge in [-0.25, -0.2) is 0 Å². The number of halogens is 3. The summed E-state index contributed by atoms with van der Waals surface area (Å²) in [5, 5.41) is 13.9. The summed E-state index contributed by atoms with van der Waals surface area (Å²) >= 11 is 0. The van der Waals surface area contributed by atoms with Crippen molar-refractivity contribution in [2.45, 2.75) is 12.7 Å². The smallest absolute Gasteiger partial charge is 0.380 e. The maximum Gasteiger partial charge on any atom is 0.405 e. The molecule has 0 saturated heterocycles. The Bertz CT molecular complexity index is 766. The van der Waals surface area contributed by atoms with E-state index in [0.29, 0.717) is 11.3 Å². The molecule has 0 fully saturated rings. The third kappa shape index (κ3) is 4.74. The minimum atomic E-state index is -4.47. The van der Waals surface area contributed by atoms with Crippen molar-refractivity contribution in [3.63, 3.8) is 0 Å². The Morgan fingerprint density at radius 2 is 1.75 bits per heavy atom. The molecule has 0 aliphatic rings. The predicted octanol–water partition coefficient (Wildman–Crippen LogP) is 3.46. The summed E-state index contributed by atoms with van der Waals surface area (Å²) in [5.74, 6) is -0.816. The molecule has 0 unspecified atom stereocenters. The van der Waals surface area contributed by atoms with E-state index in [4.69, 9.17) is 5.26 Å². The van der Waals surface area contributed by atoms with Gasteiger partial charge in [0.1, 0.15) is 6.54 Å². The van der Waals surface area contributed by atoms with Gasteiger partial charge in [-0.1, -0.05) is 30.3 Å². The molecule has 0 radical (unpaired) electrons. The number of hydrogen-bond donors (Lipinski definition) is 2. The third-order valence-corrected chi connectivity index (χ3v) is 3.23. The number of nitrogens with one attached hydrogen (secondary N) is 2. The van der Waals surface area contributed by atoms with Crippen LogP contribution in [0.3, 0.4) is 0 Å². The first-order valence-corrected chi connectivity index (χ1v) is 7.06. The van der Waals surface area contributed by atoms with Gasteiger partial charge in [0.15, 0.2) is 0 Å². The molecule has 24 heavy (non-hydrogen) atoms. The van der Waals surface area contributed by atoms with Crippen LogP contribution < -0.4 is 10.6 Å². The summed E-state index contributed by atoms with van der Waals surface area (Å²) in [4.78, 5) is 11.9. The van der Waals surface area contributed by atoms with Crippen LogP contribution in [0.5, 0.6) is 0 Å². The summed E-state index contributed by atoms with van der Waals surface area (Å²) in [5.41, 5.74) is 1.72. The van der Waals surface area contributed by atoms with E-state index in [2.05, 4.69) is 11.4 Å². The lowest BCUT2D eigenvalue weighted by Crippen LogP contribution is -2.34. The molecule has 0 aromatic heterocycles. The fourth-order valence-corrected chi connectivity index (χ4v) is 2.08. The highest BCUT2D eigenvalue weighted by Gasteiger charge is 2.28. The molecule has 0 aliphatic heterocycles. The Hall–Kier alpha value is -3.01. The summed E-state index contributed by atoms with van der Waals surface area (Å²) in [7, 11) is 0. The van der Waals surface area contributed by atoms with Crippen molar-refractivity contribution in [2.24, 2.45) is 0 Å². The molecule has 0 atom stereocenters. The van der Waals surface area contributed by atoms with Gasteiger partial charge >= 0.3 is 6.18 Å². The van der Waals surface area contributed by atoms with E-state index in [1.165, 1.54) is 6.07 Å². The van der Waals surface area contributed by atoms with E-state index < -0.39 is 18.6 Å². The molecule has 0 aliphatic carbocycles. The van der Waals surface area contributed by atoms with Crippen molar-refractivity contribution >= 4 is 11.6 Å². The highest BCUT2D eigenvalue weighted by molar-refractivity contribution is 5.99. The molecule has 2 aromatic rings. The van der Waals surface area contributed by atoms with Crippen molar-refractivity contribution < 1.29 is 18.0 Å². The largest absolute Gasteiger partial charge is 0.405 e. The number of anilines is 1. The van der Waals surface area contributed by atoms with Gasteiger partial charge in [0.05, 0.1) is 17.2 Å². The van der Waals surface area contributed by atoms with Crippen LogP contribution in [0.25, 0.3) is 0 Å². The van der Waals surface area contributed by atoms with Crippen LogP contribution in [0.4, 0.5) is 18.9 Å². The van der Waals surface area contributed by atoms with Crippen molar-refractivity contribution in [1.29, 1.82) is 5.26 Å². The molecule has 2 rings (SSSR count). The van der Waals surface area contributed by atoms with Crippen LogP contribution in [-0.2, 0) is 6.54 Å². The molecule has 0 saturated carbocycles. The Morgan fingerprint density at radius 3 is 2.46 bits per heavy atom. The van der Waals surface area contributed by atoms with Gasteiger partial charge in [-0.3, -0.25) is 4.79 Å². The SMILES string of the molecule is N#Cc1ccccc1CNc1ccccc1C(=O)NCC(F)(F)F. The van der Waals surface area contributed by atoms with E-state index in [1.54, 1.807) is 42.5 Å². The van der Waals surface area contributed by atoms with Gasteiger partial charge < -0.3 is 10.6 Å². The van der Waals surface area contributed by atoms with Crippen LogP contribution in [0.1, 0.15) is 21.5 Å². The second-order valence-electron chi connectivity index (χ2n) is 4.97. The number of amides is 1. The second-order valence-corrected chi connectivity index (χ2v) is 4.97. The van der Waals surface area contributed by atoms with Crippen molar-refractivity contribution in [2.75, 3.05) is 11.9 Å². The normalized spacial score (nSPS) is 10.8. The van der Waals surface area contributed by atoms with Crippen LogP contribution in [-0.4, -0.2) is 18.6 Å². The molecule has 7 heteroatoms. The molecule has 2 aromatic carbocycles. The lowest BCUT2D eigenvalue weighted by Gasteiger charge is -2.13. The number of rotatable bonds is 5. The maximum atomic E-state index is 12.2. The molecule has 1 amide bonds. The Labute approximate surface area is 136 Å². The van der Waals surface area contributed by atoms with Crippen molar-refractivity contribution in [1.82, 2.24) is 5.32 Å². The van der Waals surface area contributed by atoms with E-state index in [1.807, 2.05) is 5.32 Å². The van der Waals surface area contributed by atoms with Gasteiger partial charge in [-0.05, 0) is 23.8 Å². The Kier molecular flexibility index (Phi) is 5.42. The number of nitrogens with zero attached hydrogens (tertiary/aromatic N) is 1. The first kappa shape index (κ1) is 17.3. The predicted molar refractivity (Wildman–Crippen MR) is 83.3 cm³/mol. The summed E-state index contributed by atoms with van der Waals surface area (Å²) < 4.78 is 36.7. The van der Waals surface area contributed by atoms with Gasteiger partial charge in [0, 0.05) is 12.2 Å². The fourth-order valence-electron chi connectivity index (χ4n) is 2.08. The maximum absolute atomic E-state index is 12.2. The number of alkyl halides is 3. The van der Waals surface area contributed by atoms with Gasteiger partial charge in [-0.2, -0.15) is 18.4 Å². The minimum absolute atomic E-state index is 0.108. The van der Waals surface area contributed by atoms with Crippen LogP contribution in [0, 0.1) is 11.3 Å². The molecule has 0 bridgehead atoms. The number of hydrogen-bond acceptors (Lipinski definition) is 3. The molecule has 2 N–H and O–H groups in total. The second kappa shape index (κ2) is 7.51. The molecule has 124 valence electrons. The highest BCUT2D eigenvalue weighted by Crippen LogP contribution is 2.18. The first-order chi connectivity index (χ1) is 11.4. The number of carbonyl (C=O) groups is 1. The van der Waals surface area contributed by atoms with E-state index in [-0.39, 0.29) is 12.1 Å². The van der Waals surface area contributed by atoms with Gasteiger partial charge in [0.25, 0.3) is 5.91 Å². The van der Waals surface area contributed by atoms with Crippen molar-refractivity contribution in [3.05, 3.63) is 65.2 Å². The minimum Gasteiger partial charge on any atom is -0.380 e. The first-order valence-electron chi connectivity index (χ1n) is 7.06. The molecule has 0 heterocycles. The monoisotopic (exact) mass is 333 g/mol. The molecule has 0 spiro atoms. The Balaban J connectivity index is 2.12.